The number of aliphatic hydroxyl groups is 1. The van der Waals surface area contributed by atoms with E-state index in [0.717, 1.165) is 0 Å². The molecule has 1 aromatic rings. The molecule has 0 spiro atoms. The number of benzene rings is 1. The van der Waals surface area contributed by atoms with Gasteiger partial charge in [-0.2, -0.15) is 0 Å². The first-order valence-electron chi connectivity index (χ1n) is 5.56. The molecule has 1 aromatic carbocycles. The number of amides is 1. The molecule has 1 aliphatic heterocycles. The third kappa shape index (κ3) is 1.69. The van der Waals surface area contributed by atoms with Crippen LogP contribution >= 0.6 is 0 Å². The topological polar surface area (TPSA) is 49.8 Å². The summed E-state index contributed by atoms with van der Waals surface area (Å²) in [7, 11) is 1.53. The van der Waals surface area contributed by atoms with Crippen LogP contribution in [0.5, 0.6) is 5.75 Å². The third-order valence-corrected chi connectivity index (χ3v) is 2.96. The van der Waals surface area contributed by atoms with E-state index < -0.39 is 11.8 Å². The Hall–Kier alpha value is -1.55. The Kier molecular flexibility index (Phi) is 2.62. The van der Waals surface area contributed by atoms with Crippen molar-refractivity contribution in [3.05, 3.63) is 29.3 Å². The molecule has 0 unspecified atom stereocenters. The van der Waals surface area contributed by atoms with E-state index in [1.54, 1.807) is 18.2 Å². The second-order valence-corrected chi connectivity index (χ2v) is 5.14. The van der Waals surface area contributed by atoms with E-state index in [0.29, 0.717) is 16.9 Å². The molecule has 92 valence electrons. The summed E-state index contributed by atoms with van der Waals surface area (Å²) in [5, 5.41) is 10.3. The monoisotopic (exact) mass is 235 g/mol. The second kappa shape index (κ2) is 3.74. The second-order valence-electron chi connectivity index (χ2n) is 5.14. The minimum absolute atomic E-state index is 0.154. The first-order chi connectivity index (χ1) is 7.88. The van der Waals surface area contributed by atoms with E-state index in [2.05, 4.69) is 0 Å². The van der Waals surface area contributed by atoms with Crippen LogP contribution in [0.2, 0.25) is 0 Å². The van der Waals surface area contributed by atoms with Crippen LogP contribution in [0.3, 0.4) is 0 Å². The molecule has 4 nitrogen and oxygen atoms in total. The molecule has 0 saturated carbocycles. The van der Waals surface area contributed by atoms with Crippen LogP contribution in [0.15, 0.2) is 18.2 Å². The van der Waals surface area contributed by atoms with Crippen molar-refractivity contribution >= 4 is 5.91 Å². The van der Waals surface area contributed by atoms with Crippen LogP contribution in [0.4, 0.5) is 0 Å². The summed E-state index contributed by atoms with van der Waals surface area (Å²) in [5.74, 6) is 0.397. The minimum atomic E-state index is -0.936. The number of carbonyl (C=O) groups is 1. The zero-order valence-electron chi connectivity index (χ0n) is 10.5. The molecule has 1 amide bonds. The van der Waals surface area contributed by atoms with E-state index in [9.17, 15) is 9.90 Å². The summed E-state index contributed by atoms with van der Waals surface area (Å²) in [5.41, 5.74) is 0.655. The van der Waals surface area contributed by atoms with E-state index >= 15 is 0 Å². The summed E-state index contributed by atoms with van der Waals surface area (Å²) >= 11 is 0. The smallest absolute Gasteiger partial charge is 0.257 e. The first kappa shape index (κ1) is 11.9. The Bertz CT molecular complexity index is 462. The van der Waals surface area contributed by atoms with Crippen molar-refractivity contribution in [2.75, 3.05) is 7.11 Å². The fourth-order valence-corrected chi connectivity index (χ4v) is 2.22. The summed E-state index contributed by atoms with van der Waals surface area (Å²) in [6.07, 6.45) is -0.936. The normalized spacial score (nSPS) is 19.5. The van der Waals surface area contributed by atoms with Crippen molar-refractivity contribution in [1.82, 2.24) is 4.90 Å². The molecule has 17 heavy (non-hydrogen) atoms. The number of aliphatic hydroxyl groups excluding tert-OH is 1. The summed E-state index contributed by atoms with van der Waals surface area (Å²) in [4.78, 5) is 13.7. The lowest BCUT2D eigenvalue weighted by Gasteiger charge is -2.34. The lowest BCUT2D eigenvalue weighted by Crippen LogP contribution is -2.43. The summed E-state index contributed by atoms with van der Waals surface area (Å²) in [6, 6.07) is 5.23. The molecule has 0 bridgehead atoms. The maximum Gasteiger partial charge on any atom is 0.257 e. The fraction of sp³-hybridized carbons (Fsp3) is 0.462. The Morgan fingerprint density at radius 3 is 2.53 bits per heavy atom. The van der Waals surface area contributed by atoms with Crippen molar-refractivity contribution in [2.24, 2.45) is 0 Å². The third-order valence-electron chi connectivity index (χ3n) is 2.96. The van der Waals surface area contributed by atoms with Gasteiger partial charge in [0.15, 0.2) is 6.23 Å². The van der Waals surface area contributed by atoms with Gasteiger partial charge in [-0.3, -0.25) is 4.79 Å². The predicted molar refractivity (Wildman–Crippen MR) is 63.9 cm³/mol. The van der Waals surface area contributed by atoms with E-state index in [4.69, 9.17) is 4.74 Å². The van der Waals surface area contributed by atoms with Crippen LogP contribution in [-0.4, -0.2) is 28.6 Å². The van der Waals surface area contributed by atoms with Crippen molar-refractivity contribution in [1.29, 1.82) is 0 Å². The van der Waals surface area contributed by atoms with Crippen molar-refractivity contribution < 1.29 is 14.6 Å². The Balaban J connectivity index is 2.57. The highest BCUT2D eigenvalue weighted by atomic mass is 16.5. The van der Waals surface area contributed by atoms with Gasteiger partial charge in [0.05, 0.1) is 18.2 Å². The zero-order valence-corrected chi connectivity index (χ0v) is 10.5. The minimum Gasteiger partial charge on any atom is -0.496 e. The number of carbonyl (C=O) groups excluding carboxylic acids is 1. The molecule has 0 saturated heterocycles. The lowest BCUT2D eigenvalue weighted by molar-refractivity contribution is -0.0236. The van der Waals surface area contributed by atoms with Crippen LogP contribution in [-0.2, 0) is 0 Å². The molecule has 0 aliphatic carbocycles. The highest BCUT2D eigenvalue weighted by Gasteiger charge is 2.43. The number of methoxy groups -OCH3 is 1. The number of nitrogens with zero attached hydrogens (tertiary/aromatic N) is 1. The molecule has 2 rings (SSSR count). The van der Waals surface area contributed by atoms with Gasteiger partial charge in [0.25, 0.3) is 5.91 Å². The number of hydrogen-bond acceptors (Lipinski definition) is 3. The molecular weight excluding hydrogens is 218 g/mol. The molecule has 0 aromatic heterocycles. The summed E-state index contributed by atoms with van der Waals surface area (Å²) in [6.45, 7) is 5.69. The Morgan fingerprint density at radius 1 is 1.35 bits per heavy atom. The summed E-state index contributed by atoms with van der Waals surface area (Å²) < 4.78 is 5.20. The maximum atomic E-state index is 12.2. The largest absolute Gasteiger partial charge is 0.496 e. The Morgan fingerprint density at radius 2 is 2.00 bits per heavy atom. The number of hydrogen-bond donors (Lipinski definition) is 1. The fourth-order valence-electron chi connectivity index (χ4n) is 2.22. The van der Waals surface area contributed by atoms with Gasteiger partial charge in [-0.05, 0) is 32.9 Å². The van der Waals surface area contributed by atoms with Crippen LogP contribution in [0, 0.1) is 0 Å². The van der Waals surface area contributed by atoms with Gasteiger partial charge in [0, 0.05) is 5.54 Å². The molecule has 1 heterocycles. The molecule has 1 N–H and O–H groups in total. The number of fused-ring (bicyclic) bond motifs is 1. The highest BCUT2D eigenvalue weighted by Crippen LogP contribution is 2.41. The Labute approximate surface area is 101 Å². The van der Waals surface area contributed by atoms with E-state index in [1.165, 1.54) is 12.0 Å². The molecule has 0 fully saturated rings. The van der Waals surface area contributed by atoms with Gasteiger partial charge in [0.2, 0.25) is 0 Å². The molecule has 1 atom stereocenters. The average molecular weight is 235 g/mol. The predicted octanol–water partition coefficient (Wildman–Crippen LogP) is 1.94. The average Bonchev–Trinajstić information content (AvgIpc) is 2.51. The van der Waals surface area contributed by atoms with E-state index in [1.807, 2.05) is 20.8 Å². The molecule has 4 heteroatoms. The van der Waals surface area contributed by atoms with Gasteiger partial charge >= 0.3 is 0 Å². The van der Waals surface area contributed by atoms with Crippen LogP contribution in [0.25, 0.3) is 0 Å². The van der Waals surface area contributed by atoms with Crippen molar-refractivity contribution in [3.63, 3.8) is 0 Å². The van der Waals surface area contributed by atoms with Gasteiger partial charge in [-0.1, -0.05) is 6.07 Å². The molecule has 1 aliphatic rings. The number of rotatable bonds is 1. The number of ether oxygens (including phenoxy) is 1. The quantitative estimate of drug-likeness (QED) is 0.809. The standard InChI is InChI=1S/C13H17NO3/c1-13(2,3)14-11(15)8-6-5-7-9(17-4)10(8)12(14)16/h5-7,12,16H,1-4H3/t12-/m0/s1. The van der Waals surface area contributed by atoms with Gasteiger partial charge < -0.3 is 14.7 Å². The van der Waals surface area contributed by atoms with Gasteiger partial charge in [-0.15, -0.1) is 0 Å². The van der Waals surface area contributed by atoms with Crippen LogP contribution in [0.1, 0.15) is 42.9 Å². The van der Waals surface area contributed by atoms with Crippen molar-refractivity contribution in [2.45, 2.75) is 32.5 Å². The SMILES string of the molecule is COc1cccc2c1[C@H](O)N(C(C)(C)C)C2=O. The van der Waals surface area contributed by atoms with Crippen LogP contribution < -0.4 is 4.74 Å². The zero-order chi connectivity index (χ0) is 12.8. The maximum absolute atomic E-state index is 12.2. The van der Waals surface area contributed by atoms with Gasteiger partial charge in [0.1, 0.15) is 5.75 Å². The van der Waals surface area contributed by atoms with Gasteiger partial charge in [-0.25, -0.2) is 0 Å². The highest BCUT2D eigenvalue weighted by molar-refractivity contribution is 6.00. The molecule has 0 radical (unpaired) electrons. The molecular formula is C13H17NO3. The first-order valence-corrected chi connectivity index (χ1v) is 5.56. The van der Waals surface area contributed by atoms with E-state index in [-0.39, 0.29) is 5.91 Å². The lowest BCUT2D eigenvalue weighted by atomic mass is 10.1. The van der Waals surface area contributed by atoms with Crippen molar-refractivity contribution in [3.8, 4) is 5.75 Å².